The van der Waals surface area contributed by atoms with Crippen molar-refractivity contribution in [2.75, 3.05) is 62.8 Å². The Morgan fingerprint density at radius 3 is 2.27 bits per heavy atom. The Balaban J connectivity index is 0.696. The summed E-state index contributed by atoms with van der Waals surface area (Å²) in [5, 5.41) is 76.3. The average Bonchev–Trinajstić information content (AvgIpc) is 1.53. The molecule has 0 radical (unpaired) electrons. The van der Waals surface area contributed by atoms with E-state index in [-0.39, 0.29) is 130 Å². The molecule has 5 fully saturated rings. The van der Waals surface area contributed by atoms with Gasteiger partial charge in [0.25, 0.3) is 5.91 Å². The number of nitrogens with zero attached hydrogens (tertiary/aromatic N) is 5. The van der Waals surface area contributed by atoms with Gasteiger partial charge in [-0.25, -0.2) is 28.7 Å². The van der Waals surface area contributed by atoms with E-state index in [0.717, 1.165) is 54.4 Å². The van der Waals surface area contributed by atoms with Crippen molar-refractivity contribution < 1.29 is 97.0 Å². The Morgan fingerprint density at radius 2 is 1.52 bits per heavy atom. The number of halogens is 1. The van der Waals surface area contributed by atoms with Gasteiger partial charge >= 0.3 is 24.0 Å². The summed E-state index contributed by atoms with van der Waals surface area (Å²) in [6, 6.07) is 18.0. The lowest BCUT2D eigenvalue weighted by Gasteiger charge is -2.69. The van der Waals surface area contributed by atoms with Crippen LogP contribution in [0.2, 0.25) is 0 Å². The molecule has 5 heterocycles. The molecule has 30 heteroatoms. The fourth-order valence-corrected chi connectivity index (χ4v) is 16.4. The normalized spacial score (nSPS) is 24.6. The van der Waals surface area contributed by atoms with Gasteiger partial charge in [-0.3, -0.25) is 29.2 Å². The number of hydrogen-bond acceptors (Lipinski definition) is 21. The molecule has 2 aliphatic heterocycles. The Labute approximate surface area is 559 Å². The number of carboxylic acid groups (broad SMARTS) is 3. The van der Waals surface area contributed by atoms with Crippen LogP contribution in [0.5, 0.6) is 11.5 Å². The Morgan fingerprint density at radius 1 is 0.763 bits per heavy atom. The molecule has 6 aromatic rings. The van der Waals surface area contributed by atoms with E-state index >= 15 is 4.39 Å². The second kappa shape index (κ2) is 29.0. The molecule has 10 N–H and O–H groups in total. The number of carbonyl (C=O) groups is 7. The number of amides is 4. The highest BCUT2D eigenvalue weighted by Crippen LogP contribution is 2.72. The zero-order valence-electron chi connectivity index (χ0n) is 53.7. The van der Waals surface area contributed by atoms with Crippen LogP contribution in [-0.2, 0) is 64.2 Å². The summed E-state index contributed by atoms with van der Waals surface area (Å²) in [6.45, 7) is 7.66. The fourth-order valence-electron chi connectivity index (χ4n) is 15.5. The maximum absolute atomic E-state index is 15.4. The predicted octanol–water partition coefficient (Wildman–Crippen LogP) is 5.73. The lowest BCUT2D eigenvalue weighted by atomic mass is 9.39. The van der Waals surface area contributed by atoms with Crippen LogP contribution in [0.3, 0.4) is 0 Å². The molecular weight excluding hydrogens is 1290 g/mol. The van der Waals surface area contributed by atoms with Crippen LogP contribution < -0.4 is 35.6 Å². The second-order valence-electron chi connectivity index (χ2n) is 26.5. The summed E-state index contributed by atoms with van der Waals surface area (Å²) in [4.78, 5) is 97.7. The van der Waals surface area contributed by atoms with E-state index in [4.69, 9.17) is 43.6 Å². The summed E-state index contributed by atoms with van der Waals surface area (Å²) < 4.78 is 53.4. The average molecular weight is 1360 g/mol. The summed E-state index contributed by atoms with van der Waals surface area (Å²) >= 11 is 1.33. The lowest BCUT2D eigenvalue weighted by molar-refractivity contribution is -0.271. The molecule has 28 nitrogen and oxygen atoms in total. The minimum Gasteiger partial charge on any atom is -0.491 e. The number of carbonyl (C=O) groups excluding carboxylic acids is 4. The van der Waals surface area contributed by atoms with E-state index in [1.807, 2.05) is 40.8 Å². The monoisotopic (exact) mass is 1360 g/mol. The molecule has 97 heavy (non-hydrogen) atoms. The molecule has 4 saturated carbocycles. The van der Waals surface area contributed by atoms with Crippen LogP contribution in [0.4, 0.5) is 20.1 Å². The number of pyridine rings is 1. The first-order valence-corrected chi connectivity index (χ1v) is 32.8. The van der Waals surface area contributed by atoms with Crippen LogP contribution in [0.1, 0.15) is 115 Å². The third-order valence-corrected chi connectivity index (χ3v) is 19.5. The van der Waals surface area contributed by atoms with Gasteiger partial charge in [0.05, 0.1) is 48.3 Å². The number of para-hydroxylation sites is 1. The number of hydrogen-bond donors (Lipinski definition) is 10. The number of alkyl carbamates (subject to hydrolysis) is 1. The molecule has 6 aliphatic rings. The zero-order valence-corrected chi connectivity index (χ0v) is 54.5. The highest BCUT2D eigenvalue weighted by atomic mass is 32.1. The Bertz CT molecular complexity index is 3930. The minimum atomic E-state index is -1.95. The van der Waals surface area contributed by atoms with Crippen LogP contribution in [0.15, 0.2) is 72.9 Å². The van der Waals surface area contributed by atoms with Gasteiger partial charge in [0, 0.05) is 86.1 Å². The van der Waals surface area contributed by atoms with Crippen LogP contribution in [0, 0.1) is 29.0 Å². The van der Waals surface area contributed by atoms with Crippen molar-refractivity contribution in [3.05, 3.63) is 112 Å². The van der Waals surface area contributed by atoms with Crippen molar-refractivity contribution in [3.8, 4) is 22.6 Å². The largest absolute Gasteiger partial charge is 0.491 e. The molecule has 518 valence electrons. The van der Waals surface area contributed by atoms with Gasteiger partial charge in [-0.15, -0.1) is 0 Å². The summed E-state index contributed by atoms with van der Waals surface area (Å²) in [6.07, 6.45) is -3.53. The molecule has 2 unspecified atom stereocenters. The number of carboxylic acids is 3. The van der Waals surface area contributed by atoms with Gasteiger partial charge < -0.3 is 79.9 Å². The molecule has 3 aromatic heterocycles. The predicted molar refractivity (Wildman–Crippen MR) is 344 cm³/mol. The lowest BCUT2D eigenvalue weighted by Crippen LogP contribution is -2.64. The topological polar surface area (TPSA) is 391 Å². The molecule has 0 spiro atoms. The number of aliphatic carboxylic acids is 2. The molecule has 4 aliphatic carbocycles. The van der Waals surface area contributed by atoms with Crippen molar-refractivity contribution in [2.24, 2.45) is 16.2 Å². The highest BCUT2D eigenvalue weighted by molar-refractivity contribution is 7.22. The van der Waals surface area contributed by atoms with Crippen molar-refractivity contribution in [3.63, 3.8) is 0 Å². The number of nitrogens with one attached hydrogen (secondary N) is 4. The Hall–Kier alpha value is -8.91. The number of rotatable bonds is 29. The first kappa shape index (κ1) is 69.4. The number of aliphatic hydroxyl groups excluding tert-OH is 3. The first-order valence-electron chi connectivity index (χ1n) is 32.0. The number of thiazole rings is 1. The van der Waals surface area contributed by atoms with Gasteiger partial charge in [0.1, 0.15) is 54.7 Å². The first-order chi connectivity index (χ1) is 46.3. The van der Waals surface area contributed by atoms with Gasteiger partial charge in [0.15, 0.2) is 16.9 Å². The maximum atomic E-state index is 15.4. The van der Waals surface area contributed by atoms with Gasteiger partial charge in [-0.1, -0.05) is 37.3 Å². The summed E-state index contributed by atoms with van der Waals surface area (Å²) in [5.41, 5.74) is 2.99. The number of ether oxygens (including phenoxy) is 6. The molecule has 12 rings (SSSR count). The number of anilines is 2. The molecule has 3 aromatic carbocycles. The smallest absolute Gasteiger partial charge is 0.407 e. The van der Waals surface area contributed by atoms with E-state index in [2.05, 4.69) is 40.1 Å². The fraction of sp³-hybridized carbons (Fsp3) is 0.493. The minimum absolute atomic E-state index is 0.00796. The zero-order chi connectivity index (χ0) is 69.0. The quantitative estimate of drug-likeness (QED) is 0.0251. The molecule has 1 saturated heterocycles. The SMILES string of the molecule is Cc1c(-c2ccc(N3CCc4c(F)ccc(C(=O)Nc5nc6ccccc6s5)c4C3)nc2C(=O)O)cnn1CC12CC3(C)CC(C)(C1)CC(OCCNC(=O)OCc1ccc(O[C@@H]4O[C@H](C(=O)O)[C@@H](O)[C@H](O)[C@H]4O)cc1OCCOCCNC(=O)CCNC(=O)CCC(=O)O)(C3)C2. The van der Waals surface area contributed by atoms with Crippen molar-refractivity contribution in [2.45, 2.75) is 141 Å². The van der Waals surface area contributed by atoms with E-state index in [9.17, 15) is 59.1 Å². The van der Waals surface area contributed by atoms with Crippen LogP contribution >= 0.6 is 11.3 Å². The van der Waals surface area contributed by atoms with E-state index in [0.29, 0.717) is 51.9 Å². The van der Waals surface area contributed by atoms with Gasteiger partial charge in [-0.05, 0) is 128 Å². The van der Waals surface area contributed by atoms with E-state index in [1.54, 1.807) is 18.3 Å². The van der Waals surface area contributed by atoms with Crippen molar-refractivity contribution in [1.82, 2.24) is 35.7 Å². The molecule has 4 bridgehead atoms. The second-order valence-corrected chi connectivity index (χ2v) is 27.5. The summed E-state index contributed by atoms with van der Waals surface area (Å²) in [5.74, 6) is -5.21. The Kier molecular flexibility index (Phi) is 20.8. The van der Waals surface area contributed by atoms with Crippen molar-refractivity contribution >= 4 is 74.2 Å². The van der Waals surface area contributed by atoms with Crippen molar-refractivity contribution in [1.29, 1.82) is 0 Å². The number of aromatic nitrogens is 4. The molecular formula is C67H78FN9O19S. The van der Waals surface area contributed by atoms with E-state index in [1.165, 1.54) is 41.7 Å². The molecule has 4 amide bonds. The number of benzene rings is 3. The number of aliphatic hydroxyl groups is 3. The van der Waals surface area contributed by atoms with Crippen LogP contribution in [-0.4, -0.2) is 181 Å². The number of aromatic carboxylic acids is 1. The van der Waals surface area contributed by atoms with Gasteiger partial charge in [0.2, 0.25) is 18.1 Å². The third-order valence-electron chi connectivity index (χ3n) is 18.6. The van der Waals surface area contributed by atoms with Crippen LogP contribution in [0.25, 0.3) is 21.3 Å². The molecule has 7 atom stereocenters. The number of fused-ring (bicyclic) bond motifs is 2. The third kappa shape index (κ3) is 16.1. The highest BCUT2D eigenvalue weighted by Gasteiger charge is 2.66. The van der Waals surface area contributed by atoms with E-state index < -0.39 is 77.9 Å². The maximum Gasteiger partial charge on any atom is 0.407 e. The van der Waals surface area contributed by atoms with Gasteiger partial charge in [-0.2, -0.15) is 5.10 Å². The summed E-state index contributed by atoms with van der Waals surface area (Å²) in [7, 11) is 0. The standard InChI is InChI=1S/C67H78FN9O19S/c1-37-43(41-11-13-49(74-53(41)59(86)87)76-21-17-40-44(28-76)42(10-12-45(40)68)58(85)75-62-73-46-6-4-5-7-48(46)97-62)27-72-77(37)36-66-31-64(2)30-65(3,32-66)34-67(33-64,35-66)94-23-20-71-63(90)93-29-38-8-9-39(95-61-56(84)54(82)55(83)57(96-61)60(88)89)26-47(38)92-25-24-91-22-19-70-51(79)16-18-69-50(78)14-15-52(80)81/h4-13,26-27,54-57,61,82-84H,14-25,28-36H2,1-3H3,(H,69,78)(H,70,79)(H,71,90)(H,80,81)(H,86,87)(H,88,89)(H,73,75,85)/t54-,55-,56+,57-,61+,64?,65?,66?,67?/m0/s1.